The summed E-state index contributed by atoms with van der Waals surface area (Å²) in [4.78, 5) is 3.87. The van der Waals surface area contributed by atoms with Crippen LogP contribution in [0.25, 0.3) is 0 Å². The minimum absolute atomic E-state index is 0.114. The Kier molecular flexibility index (Phi) is 3.16. The predicted octanol–water partition coefficient (Wildman–Crippen LogP) is 0.987. The molecule has 0 fully saturated rings. The topological polar surface area (TPSA) is 66.0 Å². The number of methoxy groups -OCH3 is 1. The average molecular weight is 218 g/mol. The van der Waals surface area contributed by atoms with Crippen molar-refractivity contribution in [1.29, 1.82) is 0 Å². The van der Waals surface area contributed by atoms with E-state index in [1.165, 1.54) is 6.33 Å². The van der Waals surface area contributed by atoms with Crippen molar-refractivity contribution in [1.82, 2.24) is 14.8 Å². The molecule has 2 rings (SSSR count). The maximum atomic E-state index is 6.07. The van der Waals surface area contributed by atoms with E-state index in [-0.39, 0.29) is 6.04 Å². The highest BCUT2D eigenvalue weighted by Crippen LogP contribution is 2.18. The Morgan fingerprint density at radius 2 is 2.38 bits per heavy atom. The summed E-state index contributed by atoms with van der Waals surface area (Å²) in [5.74, 6) is 0.812. The van der Waals surface area contributed by atoms with Crippen molar-refractivity contribution in [2.24, 2.45) is 5.73 Å². The van der Waals surface area contributed by atoms with Crippen molar-refractivity contribution >= 4 is 0 Å². The number of nitrogens with two attached hydrogens (primary N) is 1. The smallest absolute Gasteiger partial charge is 0.137 e. The largest absolute Gasteiger partial charge is 0.497 e. The monoisotopic (exact) mass is 218 g/mol. The summed E-state index contributed by atoms with van der Waals surface area (Å²) in [6.45, 7) is 0.604. The molecular weight excluding hydrogens is 204 g/mol. The van der Waals surface area contributed by atoms with Crippen LogP contribution in [0.1, 0.15) is 11.6 Å². The van der Waals surface area contributed by atoms with Gasteiger partial charge in [-0.05, 0) is 17.7 Å². The van der Waals surface area contributed by atoms with Crippen LogP contribution in [0.15, 0.2) is 36.9 Å². The van der Waals surface area contributed by atoms with Crippen LogP contribution >= 0.6 is 0 Å². The summed E-state index contributed by atoms with van der Waals surface area (Å²) >= 11 is 0. The van der Waals surface area contributed by atoms with Gasteiger partial charge in [-0.2, -0.15) is 5.10 Å². The number of hydrogen-bond acceptors (Lipinski definition) is 4. The first-order valence-corrected chi connectivity index (χ1v) is 5.01. The normalized spacial score (nSPS) is 12.4. The number of benzene rings is 1. The molecular formula is C11H14N4O. The van der Waals surface area contributed by atoms with E-state index in [0.29, 0.717) is 6.54 Å². The van der Waals surface area contributed by atoms with E-state index < -0.39 is 0 Å². The maximum Gasteiger partial charge on any atom is 0.137 e. The van der Waals surface area contributed by atoms with Gasteiger partial charge in [0.25, 0.3) is 0 Å². The van der Waals surface area contributed by atoms with Crippen molar-refractivity contribution in [3.05, 3.63) is 42.5 Å². The number of ether oxygens (including phenoxy) is 1. The molecule has 16 heavy (non-hydrogen) atoms. The molecule has 1 aromatic carbocycles. The minimum Gasteiger partial charge on any atom is -0.497 e. The molecule has 0 amide bonds. The molecule has 5 heteroatoms. The van der Waals surface area contributed by atoms with Crippen molar-refractivity contribution in [3.63, 3.8) is 0 Å². The second-order valence-electron chi connectivity index (χ2n) is 3.50. The fourth-order valence-corrected chi connectivity index (χ4v) is 1.51. The third-order valence-electron chi connectivity index (χ3n) is 2.37. The highest BCUT2D eigenvalue weighted by atomic mass is 16.5. The zero-order chi connectivity index (χ0) is 11.4. The molecule has 0 radical (unpaired) electrons. The Bertz CT molecular complexity index is 441. The first-order valence-electron chi connectivity index (χ1n) is 5.01. The van der Waals surface area contributed by atoms with Gasteiger partial charge in [-0.1, -0.05) is 12.1 Å². The summed E-state index contributed by atoms with van der Waals surface area (Å²) in [6.07, 6.45) is 3.15. The molecule has 0 aliphatic heterocycles. The lowest BCUT2D eigenvalue weighted by Crippen LogP contribution is -2.17. The first-order chi connectivity index (χ1) is 7.79. The van der Waals surface area contributed by atoms with Crippen molar-refractivity contribution in [2.45, 2.75) is 12.6 Å². The molecule has 0 spiro atoms. The maximum absolute atomic E-state index is 6.07. The van der Waals surface area contributed by atoms with E-state index in [1.807, 2.05) is 24.3 Å². The van der Waals surface area contributed by atoms with Crippen LogP contribution < -0.4 is 10.5 Å². The summed E-state index contributed by atoms with van der Waals surface area (Å²) in [6, 6.07) is 7.61. The van der Waals surface area contributed by atoms with Gasteiger partial charge in [0.05, 0.1) is 13.7 Å². The van der Waals surface area contributed by atoms with Gasteiger partial charge in [0, 0.05) is 6.04 Å². The van der Waals surface area contributed by atoms with E-state index in [4.69, 9.17) is 10.5 Å². The Balaban J connectivity index is 2.11. The average Bonchev–Trinajstić information content (AvgIpc) is 2.82. The fraction of sp³-hybridized carbons (Fsp3) is 0.273. The lowest BCUT2D eigenvalue weighted by Gasteiger charge is -2.12. The lowest BCUT2D eigenvalue weighted by atomic mass is 10.1. The van der Waals surface area contributed by atoms with Gasteiger partial charge in [0.15, 0.2) is 0 Å². The van der Waals surface area contributed by atoms with E-state index >= 15 is 0 Å². The fourth-order valence-electron chi connectivity index (χ4n) is 1.51. The molecule has 1 aromatic heterocycles. The summed E-state index contributed by atoms with van der Waals surface area (Å²) in [5, 5.41) is 4.02. The summed E-state index contributed by atoms with van der Waals surface area (Å²) in [5.41, 5.74) is 7.09. The van der Waals surface area contributed by atoms with Crippen molar-refractivity contribution < 1.29 is 4.74 Å². The Morgan fingerprint density at radius 3 is 3.06 bits per heavy atom. The molecule has 5 nitrogen and oxygen atoms in total. The van der Waals surface area contributed by atoms with Gasteiger partial charge in [-0.3, -0.25) is 4.68 Å². The predicted molar refractivity (Wildman–Crippen MR) is 59.9 cm³/mol. The lowest BCUT2D eigenvalue weighted by molar-refractivity contribution is 0.413. The Labute approximate surface area is 93.9 Å². The number of aromatic nitrogens is 3. The first kappa shape index (κ1) is 10.6. The van der Waals surface area contributed by atoms with Crippen LogP contribution in [0.4, 0.5) is 0 Å². The van der Waals surface area contributed by atoms with Crippen LogP contribution in [0.3, 0.4) is 0 Å². The van der Waals surface area contributed by atoms with E-state index in [2.05, 4.69) is 10.1 Å². The molecule has 0 saturated carbocycles. The third-order valence-corrected chi connectivity index (χ3v) is 2.37. The van der Waals surface area contributed by atoms with Crippen LogP contribution in [0.2, 0.25) is 0 Å². The second-order valence-corrected chi connectivity index (χ2v) is 3.50. The molecule has 1 heterocycles. The molecule has 2 N–H and O–H groups in total. The SMILES string of the molecule is COc1cccc(C(N)Cn2cncn2)c1. The molecule has 1 atom stereocenters. The van der Waals surface area contributed by atoms with E-state index in [9.17, 15) is 0 Å². The van der Waals surface area contributed by atoms with Gasteiger partial charge in [-0.15, -0.1) is 0 Å². The highest BCUT2D eigenvalue weighted by Gasteiger charge is 2.07. The van der Waals surface area contributed by atoms with Crippen molar-refractivity contribution in [2.75, 3.05) is 7.11 Å². The highest BCUT2D eigenvalue weighted by molar-refractivity contribution is 5.30. The van der Waals surface area contributed by atoms with Crippen LogP contribution in [0.5, 0.6) is 5.75 Å². The van der Waals surface area contributed by atoms with Gasteiger partial charge in [0.2, 0.25) is 0 Å². The standard InChI is InChI=1S/C11H14N4O/c1-16-10-4-2-3-9(5-10)11(12)6-15-8-13-7-14-15/h2-5,7-8,11H,6,12H2,1H3. The molecule has 0 aliphatic rings. The van der Waals surface area contributed by atoms with Crippen molar-refractivity contribution in [3.8, 4) is 5.75 Å². The third kappa shape index (κ3) is 2.38. The molecule has 2 aromatic rings. The molecule has 0 bridgehead atoms. The minimum atomic E-state index is -0.114. The number of nitrogens with zero attached hydrogens (tertiary/aromatic N) is 3. The van der Waals surface area contributed by atoms with Gasteiger partial charge in [-0.25, -0.2) is 4.98 Å². The molecule has 84 valence electrons. The van der Waals surface area contributed by atoms with Gasteiger partial charge < -0.3 is 10.5 Å². The summed E-state index contributed by atoms with van der Waals surface area (Å²) < 4.78 is 6.86. The quantitative estimate of drug-likeness (QED) is 0.831. The van der Waals surface area contributed by atoms with Crippen LogP contribution in [-0.2, 0) is 6.54 Å². The Hall–Kier alpha value is -1.88. The zero-order valence-corrected chi connectivity index (χ0v) is 9.08. The van der Waals surface area contributed by atoms with Crippen LogP contribution in [-0.4, -0.2) is 21.9 Å². The molecule has 0 saturated heterocycles. The zero-order valence-electron chi connectivity index (χ0n) is 9.08. The molecule has 0 aliphatic carbocycles. The number of rotatable bonds is 4. The Morgan fingerprint density at radius 1 is 1.50 bits per heavy atom. The van der Waals surface area contributed by atoms with Crippen LogP contribution in [0, 0.1) is 0 Å². The van der Waals surface area contributed by atoms with Gasteiger partial charge >= 0.3 is 0 Å². The van der Waals surface area contributed by atoms with E-state index in [0.717, 1.165) is 11.3 Å². The summed E-state index contributed by atoms with van der Waals surface area (Å²) in [7, 11) is 1.64. The van der Waals surface area contributed by atoms with E-state index in [1.54, 1.807) is 18.1 Å². The second kappa shape index (κ2) is 4.76. The molecule has 1 unspecified atom stereocenters. The van der Waals surface area contributed by atoms with Gasteiger partial charge in [0.1, 0.15) is 18.4 Å². The number of hydrogen-bond donors (Lipinski definition) is 1.